The number of carbonyl (C=O) groups excluding carboxylic acids is 1. The maximum atomic E-state index is 10.5. The Labute approximate surface area is 66.9 Å². The van der Waals surface area contributed by atoms with Crippen LogP contribution in [0.2, 0.25) is 0 Å². The van der Waals surface area contributed by atoms with Gasteiger partial charge in [0.2, 0.25) is 0 Å². The van der Waals surface area contributed by atoms with Gasteiger partial charge in [0.05, 0.1) is 6.61 Å². The summed E-state index contributed by atoms with van der Waals surface area (Å²) in [6.45, 7) is 0.973. The van der Waals surface area contributed by atoms with Crippen LogP contribution in [0.25, 0.3) is 0 Å². The summed E-state index contributed by atoms with van der Waals surface area (Å²) in [5.41, 5.74) is 0. The first-order valence-electron chi connectivity index (χ1n) is 2.71. The minimum absolute atomic E-state index is 0.443. The highest BCUT2D eigenvalue weighted by atomic mass is 79.9. The van der Waals surface area contributed by atoms with E-state index in [1.54, 1.807) is 6.92 Å². The molecule has 4 nitrogen and oxygen atoms in total. The summed E-state index contributed by atoms with van der Waals surface area (Å²) in [5.74, 6) is -0.827. The molecule has 60 valence electrons. The van der Waals surface area contributed by atoms with Crippen LogP contribution >= 0.6 is 15.9 Å². The summed E-state index contributed by atoms with van der Waals surface area (Å²) in [4.78, 5) is 10.5. The smallest absolute Gasteiger partial charge is 0.338 e. The monoisotopic (exact) mass is 212 g/mol. The molecular formula is C5H9BrO4. The first kappa shape index (κ1) is 9.87. The van der Waals surface area contributed by atoms with E-state index in [4.69, 9.17) is 10.2 Å². The second-order valence-corrected chi connectivity index (χ2v) is 2.97. The zero-order valence-electron chi connectivity index (χ0n) is 5.45. The van der Waals surface area contributed by atoms with Crippen molar-refractivity contribution in [2.24, 2.45) is 0 Å². The van der Waals surface area contributed by atoms with E-state index in [0.29, 0.717) is 0 Å². The Balaban J connectivity index is 3.62. The molecule has 5 heteroatoms. The normalized spacial score (nSPS) is 16.0. The Bertz CT molecular complexity index is 114. The van der Waals surface area contributed by atoms with E-state index in [-0.39, 0.29) is 0 Å². The van der Waals surface area contributed by atoms with Crippen LogP contribution in [-0.2, 0) is 9.53 Å². The van der Waals surface area contributed by atoms with E-state index < -0.39 is 23.7 Å². The number of esters is 1. The molecule has 0 aliphatic heterocycles. The first-order valence-corrected chi connectivity index (χ1v) is 3.63. The highest BCUT2D eigenvalue weighted by Gasteiger charge is 2.16. The fourth-order valence-electron chi connectivity index (χ4n) is 0.313. The molecule has 0 radical (unpaired) electrons. The summed E-state index contributed by atoms with van der Waals surface area (Å²) in [7, 11) is 0. The van der Waals surface area contributed by atoms with Gasteiger partial charge < -0.3 is 14.9 Å². The van der Waals surface area contributed by atoms with Crippen LogP contribution in [-0.4, -0.2) is 33.9 Å². The Kier molecular flexibility index (Phi) is 4.59. The van der Waals surface area contributed by atoms with Gasteiger partial charge in [0, 0.05) is 0 Å². The predicted octanol–water partition coefficient (Wildman–Crippen LogP) is -0.376. The number of halogens is 1. The van der Waals surface area contributed by atoms with E-state index in [1.165, 1.54) is 0 Å². The third kappa shape index (κ3) is 3.81. The van der Waals surface area contributed by atoms with E-state index in [9.17, 15) is 4.79 Å². The first-order chi connectivity index (χ1) is 4.57. The van der Waals surface area contributed by atoms with Crippen molar-refractivity contribution in [1.82, 2.24) is 0 Å². The van der Waals surface area contributed by atoms with Crippen LogP contribution in [0.3, 0.4) is 0 Å². The minimum Gasteiger partial charge on any atom is -0.449 e. The molecule has 0 fully saturated rings. The lowest BCUT2D eigenvalue weighted by molar-refractivity contribution is -0.156. The number of aliphatic hydroxyl groups excluding tert-OH is 2. The lowest BCUT2D eigenvalue weighted by atomic mass is 10.4. The summed E-state index contributed by atoms with van der Waals surface area (Å²) in [5, 5.41) is 16.4. The van der Waals surface area contributed by atoms with Gasteiger partial charge in [-0.25, -0.2) is 4.79 Å². The number of rotatable bonds is 3. The maximum absolute atomic E-state index is 10.5. The van der Waals surface area contributed by atoms with Crippen molar-refractivity contribution >= 4 is 21.9 Å². The van der Waals surface area contributed by atoms with Crippen molar-refractivity contribution in [3.63, 3.8) is 0 Å². The molecule has 2 N–H and O–H groups in total. The topological polar surface area (TPSA) is 66.8 Å². The molecule has 0 aromatic heterocycles. The van der Waals surface area contributed by atoms with Gasteiger partial charge in [-0.15, -0.1) is 0 Å². The fourth-order valence-corrected chi connectivity index (χ4v) is 0.497. The largest absolute Gasteiger partial charge is 0.449 e. The number of hydrogen-bond acceptors (Lipinski definition) is 4. The van der Waals surface area contributed by atoms with Crippen LogP contribution in [0.1, 0.15) is 6.92 Å². The zero-order chi connectivity index (χ0) is 8.15. The molecule has 0 bridgehead atoms. The van der Waals surface area contributed by atoms with Crippen molar-refractivity contribution in [3.05, 3.63) is 0 Å². The second kappa shape index (κ2) is 4.65. The van der Waals surface area contributed by atoms with Crippen molar-refractivity contribution < 1.29 is 19.7 Å². The van der Waals surface area contributed by atoms with Gasteiger partial charge in [-0.2, -0.15) is 0 Å². The third-order valence-electron chi connectivity index (χ3n) is 0.724. The molecule has 0 aliphatic rings. The van der Waals surface area contributed by atoms with Crippen LogP contribution in [0.5, 0.6) is 0 Å². The van der Waals surface area contributed by atoms with E-state index in [2.05, 4.69) is 20.7 Å². The molecule has 0 amide bonds. The van der Waals surface area contributed by atoms with Crippen molar-refractivity contribution in [2.45, 2.75) is 18.0 Å². The summed E-state index contributed by atoms with van der Waals surface area (Å²) in [6.07, 6.45) is -1.43. The number of carbonyl (C=O) groups is 1. The van der Waals surface area contributed by atoms with Gasteiger partial charge in [0.15, 0.2) is 11.1 Å². The van der Waals surface area contributed by atoms with E-state index in [1.807, 2.05) is 0 Å². The Morgan fingerprint density at radius 1 is 1.80 bits per heavy atom. The Hall–Kier alpha value is -0.130. The number of ether oxygens (including phenoxy) is 1. The molecule has 2 unspecified atom stereocenters. The molecule has 0 saturated heterocycles. The molecule has 0 aliphatic carbocycles. The lowest BCUT2D eigenvalue weighted by Crippen LogP contribution is -2.27. The van der Waals surface area contributed by atoms with Crippen molar-refractivity contribution in [2.75, 3.05) is 6.61 Å². The van der Waals surface area contributed by atoms with Gasteiger partial charge in [-0.1, -0.05) is 0 Å². The van der Waals surface area contributed by atoms with Crippen LogP contribution < -0.4 is 0 Å². The highest BCUT2D eigenvalue weighted by molar-refractivity contribution is 9.09. The predicted molar refractivity (Wildman–Crippen MR) is 37.6 cm³/mol. The maximum Gasteiger partial charge on any atom is 0.338 e. The van der Waals surface area contributed by atoms with Crippen LogP contribution in [0.4, 0.5) is 0 Å². The van der Waals surface area contributed by atoms with Crippen molar-refractivity contribution in [3.8, 4) is 0 Å². The summed E-state index contributed by atoms with van der Waals surface area (Å²) in [6, 6.07) is 0. The van der Waals surface area contributed by atoms with Crippen LogP contribution in [0.15, 0.2) is 0 Å². The molecule has 0 saturated carbocycles. The SMILES string of the molecule is CC(Br)OC(=O)C(O)CO. The molecule has 0 rings (SSSR count). The third-order valence-corrected chi connectivity index (χ3v) is 0.910. The van der Waals surface area contributed by atoms with E-state index in [0.717, 1.165) is 0 Å². The summed E-state index contributed by atoms with van der Waals surface area (Å²) >= 11 is 2.94. The van der Waals surface area contributed by atoms with Crippen LogP contribution in [0, 0.1) is 0 Å². The zero-order valence-corrected chi connectivity index (χ0v) is 7.04. The average molecular weight is 213 g/mol. The Morgan fingerprint density at radius 2 is 2.30 bits per heavy atom. The van der Waals surface area contributed by atoms with Crippen molar-refractivity contribution in [1.29, 1.82) is 0 Å². The molecule has 0 spiro atoms. The molecular weight excluding hydrogens is 204 g/mol. The van der Waals surface area contributed by atoms with Gasteiger partial charge in [0.1, 0.15) is 0 Å². The standard InChI is InChI=1S/C5H9BrO4/c1-3(6)10-5(9)4(8)2-7/h3-4,7-8H,2H2,1H3. The molecule has 2 atom stereocenters. The minimum atomic E-state index is -1.43. The Morgan fingerprint density at radius 3 is 2.60 bits per heavy atom. The van der Waals surface area contributed by atoms with Gasteiger partial charge in [0.25, 0.3) is 0 Å². The average Bonchev–Trinajstić information content (AvgIpc) is 1.85. The number of hydrogen-bond donors (Lipinski definition) is 2. The molecule has 0 aromatic rings. The van der Waals surface area contributed by atoms with Gasteiger partial charge in [-0.3, -0.25) is 0 Å². The molecule has 0 aromatic carbocycles. The quantitative estimate of drug-likeness (QED) is 0.495. The fraction of sp³-hybridized carbons (Fsp3) is 0.800. The second-order valence-electron chi connectivity index (χ2n) is 1.68. The van der Waals surface area contributed by atoms with Gasteiger partial charge in [-0.05, 0) is 22.9 Å². The lowest BCUT2D eigenvalue weighted by Gasteiger charge is -2.08. The molecule has 0 heterocycles. The summed E-state index contributed by atoms with van der Waals surface area (Å²) < 4.78 is 4.47. The number of aliphatic hydroxyl groups is 2. The molecule has 10 heavy (non-hydrogen) atoms. The van der Waals surface area contributed by atoms with E-state index >= 15 is 0 Å². The van der Waals surface area contributed by atoms with Gasteiger partial charge >= 0.3 is 5.97 Å². The number of alkyl halides is 1. The highest BCUT2D eigenvalue weighted by Crippen LogP contribution is 2.01.